The van der Waals surface area contributed by atoms with Gasteiger partial charge in [-0.1, -0.05) is 0 Å². The van der Waals surface area contributed by atoms with Crippen molar-refractivity contribution < 1.29 is 9.18 Å². The number of hydrogen-bond acceptors (Lipinski definition) is 3. The van der Waals surface area contributed by atoms with Crippen molar-refractivity contribution in [2.75, 3.05) is 26.3 Å². The molecule has 1 unspecified atom stereocenters. The number of likely N-dealkylation sites (tertiary alicyclic amines) is 2. The average Bonchev–Trinajstić information content (AvgIpc) is 3.22. The van der Waals surface area contributed by atoms with Gasteiger partial charge >= 0.3 is 0 Å². The van der Waals surface area contributed by atoms with Gasteiger partial charge in [0.2, 0.25) is 5.91 Å². The lowest BCUT2D eigenvalue weighted by Gasteiger charge is -2.36. The summed E-state index contributed by atoms with van der Waals surface area (Å²) in [7, 11) is 0. The Bertz CT molecular complexity index is 558. The van der Waals surface area contributed by atoms with E-state index < -0.39 is 0 Å². The summed E-state index contributed by atoms with van der Waals surface area (Å²) in [5.41, 5.74) is 2.54. The number of alkyl halides is 1. The molecule has 3 aliphatic rings. The van der Waals surface area contributed by atoms with E-state index in [1.54, 1.807) is 0 Å². The Balaban J connectivity index is 1.30. The molecule has 5 nitrogen and oxygen atoms in total. The zero-order valence-electron chi connectivity index (χ0n) is 13.6. The molecule has 4 rings (SSSR count). The molecule has 0 bridgehead atoms. The molecule has 23 heavy (non-hydrogen) atoms. The Hall–Kier alpha value is -1.43. The molecule has 6 heteroatoms. The fourth-order valence-electron chi connectivity index (χ4n) is 4.28. The quantitative estimate of drug-likeness (QED) is 0.846. The highest BCUT2D eigenvalue weighted by Crippen LogP contribution is 2.26. The predicted molar refractivity (Wildman–Crippen MR) is 84.6 cm³/mol. The van der Waals surface area contributed by atoms with Crippen LogP contribution in [0.3, 0.4) is 0 Å². The standard InChI is InChI=1S/C17H25FN4O/c18-10-13-8-17(23)21(11-13)15-3-6-20(7-4-15)12-14-9-16-2-1-5-22(16)19-14/h9,13,15H,1-8,10-12H2. The van der Waals surface area contributed by atoms with Gasteiger partial charge in [0.25, 0.3) is 0 Å². The minimum atomic E-state index is -0.369. The maximum atomic E-state index is 12.8. The topological polar surface area (TPSA) is 41.4 Å². The van der Waals surface area contributed by atoms with Crippen LogP contribution in [0.5, 0.6) is 0 Å². The molecule has 0 spiro atoms. The summed E-state index contributed by atoms with van der Waals surface area (Å²) in [6, 6.07) is 2.55. The van der Waals surface area contributed by atoms with Crippen molar-refractivity contribution in [3.05, 3.63) is 17.5 Å². The Morgan fingerprint density at radius 3 is 2.78 bits per heavy atom. The summed E-state index contributed by atoms with van der Waals surface area (Å²) in [6.45, 7) is 4.21. The van der Waals surface area contributed by atoms with Crippen LogP contribution in [0.15, 0.2) is 6.07 Å². The van der Waals surface area contributed by atoms with Crippen molar-refractivity contribution in [3.8, 4) is 0 Å². The first-order valence-corrected chi connectivity index (χ1v) is 8.86. The van der Waals surface area contributed by atoms with E-state index in [0.717, 1.165) is 45.4 Å². The van der Waals surface area contributed by atoms with Crippen LogP contribution in [0.2, 0.25) is 0 Å². The van der Waals surface area contributed by atoms with Crippen molar-refractivity contribution in [2.45, 2.75) is 51.2 Å². The fourth-order valence-corrected chi connectivity index (χ4v) is 4.28. The molecular formula is C17H25FN4O. The molecule has 0 aromatic carbocycles. The SMILES string of the molecule is O=C1CC(CF)CN1C1CCN(Cc2cc3n(n2)CCC3)CC1. The number of amides is 1. The second-order valence-corrected chi connectivity index (χ2v) is 7.23. The predicted octanol–water partition coefficient (Wildman–Crippen LogP) is 1.61. The van der Waals surface area contributed by atoms with Crippen LogP contribution < -0.4 is 0 Å². The van der Waals surface area contributed by atoms with Crippen LogP contribution in [0.4, 0.5) is 4.39 Å². The van der Waals surface area contributed by atoms with E-state index in [9.17, 15) is 9.18 Å². The van der Waals surface area contributed by atoms with Crippen molar-refractivity contribution >= 4 is 5.91 Å². The summed E-state index contributed by atoms with van der Waals surface area (Å²) in [4.78, 5) is 16.4. The normalized spacial score (nSPS) is 26.2. The smallest absolute Gasteiger partial charge is 0.223 e. The number of carbonyl (C=O) groups is 1. The maximum Gasteiger partial charge on any atom is 0.223 e. The molecule has 0 aliphatic carbocycles. The van der Waals surface area contributed by atoms with E-state index in [2.05, 4.69) is 20.7 Å². The lowest BCUT2D eigenvalue weighted by molar-refractivity contribution is -0.130. The van der Waals surface area contributed by atoms with Crippen molar-refractivity contribution in [1.82, 2.24) is 19.6 Å². The van der Waals surface area contributed by atoms with Gasteiger partial charge in [-0.3, -0.25) is 18.8 Å². The van der Waals surface area contributed by atoms with Crippen LogP contribution in [-0.4, -0.2) is 57.8 Å². The van der Waals surface area contributed by atoms with Crippen molar-refractivity contribution in [2.24, 2.45) is 5.92 Å². The third kappa shape index (κ3) is 3.01. The minimum Gasteiger partial charge on any atom is -0.339 e. The van der Waals surface area contributed by atoms with Crippen LogP contribution in [0.25, 0.3) is 0 Å². The van der Waals surface area contributed by atoms with Gasteiger partial charge in [0.15, 0.2) is 0 Å². The molecule has 1 atom stereocenters. The summed E-state index contributed by atoms with van der Waals surface area (Å²) in [6.07, 6.45) is 4.77. The average molecular weight is 320 g/mol. The second kappa shape index (κ2) is 6.23. The largest absolute Gasteiger partial charge is 0.339 e. The first kappa shape index (κ1) is 15.1. The van der Waals surface area contributed by atoms with Gasteiger partial charge < -0.3 is 4.90 Å². The van der Waals surface area contributed by atoms with Crippen LogP contribution in [0.1, 0.15) is 37.1 Å². The Labute approximate surface area is 136 Å². The number of carbonyl (C=O) groups excluding carboxylic acids is 1. The van der Waals surface area contributed by atoms with Crippen LogP contribution >= 0.6 is 0 Å². The maximum absolute atomic E-state index is 12.8. The number of fused-ring (bicyclic) bond motifs is 1. The van der Waals surface area contributed by atoms with E-state index in [0.29, 0.717) is 19.0 Å². The summed E-state index contributed by atoms with van der Waals surface area (Å²) in [5, 5.41) is 4.68. The second-order valence-electron chi connectivity index (χ2n) is 7.23. The van der Waals surface area contributed by atoms with Gasteiger partial charge in [0.1, 0.15) is 0 Å². The highest BCUT2D eigenvalue weighted by Gasteiger charge is 2.35. The van der Waals surface area contributed by atoms with Crippen LogP contribution in [0, 0.1) is 5.92 Å². The van der Waals surface area contributed by atoms with E-state index in [-0.39, 0.29) is 18.5 Å². The van der Waals surface area contributed by atoms with E-state index in [1.807, 2.05) is 4.90 Å². The van der Waals surface area contributed by atoms with Crippen LogP contribution in [-0.2, 0) is 24.3 Å². The van der Waals surface area contributed by atoms with Gasteiger partial charge in [-0.2, -0.15) is 5.10 Å². The number of aromatic nitrogens is 2. The molecule has 1 aromatic rings. The monoisotopic (exact) mass is 320 g/mol. The molecule has 2 saturated heterocycles. The summed E-state index contributed by atoms with van der Waals surface area (Å²) >= 11 is 0. The van der Waals surface area contributed by atoms with Gasteiger partial charge in [0, 0.05) is 56.8 Å². The first-order chi connectivity index (χ1) is 11.2. The van der Waals surface area contributed by atoms with E-state index in [4.69, 9.17) is 0 Å². The summed E-state index contributed by atoms with van der Waals surface area (Å²) < 4.78 is 14.9. The minimum absolute atomic E-state index is 0.0755. The lowest BCUT2D eigenvalue weighted by Crippen LogP contribution is -2.45. The molecule has 1 amide bonds. The molecule has 2 fully saturated rings. The Kier molecular flexibility index (Phi) is 4.09. The highest BCUT2D eigenvalue weighted by atomic mass is 19.1. The zero-order chi connectivity index (χ0) is 15.8. The molecule has 3 aliphatic heterocycles. The number of rotatable bonds is 4. The fraction of sp³-hybridized carbons (Fsp3) is 0.765. The number of halogens is 1. The van der Waals surface area contributed by atoms with Gasteiger partial charge in [-0.25, -0.2) is 0 Å². The molecule has 0 N–H and O–H groups in total. The first-order valence-electron chi connectivity index (χ1n) is 8.86. The number of hydrogen-bond donors (Lipinski definition) is 0. The molecule has 1 aromatic heterocycles. The molecular weight excluding hydrogens is 295 g/mol. The lowest BCUT2D eigenvalue weighted by atomic mass is 10.0. The molecule has 4 heterocycles. The number of aryl methyl sites for hydroxylation is 2. The molecule has 0 saturated carbocycles. The third-order valence-electron chi connectivity index (χ3n) is 5.56. The van der Waals surface area contributed by atoms with Gasteiger partial charge in [0.05, 0.1) is 12.4 Å². The molecule has 126 valence electrons. The zero-order valence-corrected chi connectivity index (χ0v) is 13.6. The van der Waals surface area contributed by atoms with E-state index >= 15 is 0 Å². The van der Waals surface area contributed by atoms with Gasteiger partial charge in [-0.05, 0) is 31.7 Å². The summed E-state index contributed by atoms with van der Waals surface area (Å²) in [5.74, 6) is 0.0742. The molecule has 0 radical (unpaired) electrons. The number of nitrogens with zero attached hydrogens (tertiary/aromatic N) is 4. The number of piperidine rings is 1. The van der Waals surface area contributed by atoms with Gasteiger partial charge in [-0.15, -0.1) is 0 Å². The third-order valence-corrected chi connectivity index (χ3v) is 5.56. The van der Waals surface area contributed by atoms with Crippen molar-refractivity contribution in [3.63, 3.8) is 0 Å². The van der Waals surface area contributed by atoms with E-state index in [1.165, 1.54) is 17.8 Å². The Morgan fingerprint density at radius 2 is 2.09 bits per heavy atom. The Morgan fingerprint density at radius 1 is 1.26 bits per heavy atom. The highest BCUT2D eigenvalue weighted by molar-refractivity contribution is 5.79. The van der Waals surface area contributed by atoms with Crippen molar-refractivity contribution in [1.29, 1.82) is 0 Å².